The van der Waals surface area contributed by atoms with Crippen LogP contribution in [0.5, 0.6) is 0 Å². The molecule has 0 aliphatic rings. The van der Waals surface area contributed by atoms with E-state index in [1.165, 1.54) is 12.1 Å². The zero-order valence-electron chi connectivity index (χ0n) is 11.9. The summed E-state index contributed by atoms with van der Waals surface area (Å²) in [5, 5.41) is 9.99. The van der Waals surface area contributed by atoms with Crippen LogP contribution in [0.2, 0.25) is 0 Å². The Morgan fingerprint density at radius 1 is 1.11 bits per heavy atom. The van der Waals surface area contributed by atoms with Gasteiger partial charge >= 0.3 is 0 Å². The second-order valence-corrected chi connectivity index (χ2v) is 4.96. The summed E-state index contributed by atoms with van der Waals surface area (Å²) in [7, 11) is 2.01. The zero-order valence-corrected chi connectivity index (χ0v) is 11.9. The smallest absolute Gasteiger partial charge is 0.126 e. The molecule has 0 bridgehead atoms. The summed E-state index contributed by atoms with van der Waals surface area (Å²) in [6, 6.07) is 3.67. The molecular formula is C15H23F2NO. The minimum atomic E-state index is -0.831. The molecule has 108 valence electrons. The Kier molecular flexibility index (Phi) is 6.38. The summed E-state index contributed by atoms with van der Waals surface area (Å²) in [5.41, 5.74) is 0.301. The van der Waals surface area contributed by atoms with E-state index in [2.05, 4.69) is 18.7 Å². The quantitative estimate of drug-likeness (QED) is 0.820. The maximum absolute atomic E-state index is 13.1. The average molecular weight is 271 g/mol. The van der Waals surface area contributed by atoms with Gasteiger partial charge in [-0.15, -0.1) is 0 Å². The highest BCUT2D eigenvalue weighted by Crippen LogP contribution is 2.20. The van der Waals surface area contributed by atoms with Crippen molar-refractivity contribution in [3.8, 4) is 0 Å². The number of hydrogen-bond acceptors (Lipinski definition) is 2. The van der Waals surface area contributed by atoms with Crippen LogP contribution in [0.4, 0.5) is 8.78 Å². The Hall–Kier alpha value is -1.00. The molecule has 0 aliphatic carbocycles. The zero-order chi connectivity index (χ0) is 14.4. The number of hydrogen-bond donors (Lipinski definition) is 1. The molecule has 1 rings (SSSR count). The van der Waals surface area contributed by atoms with Gasteiger partial charge in [0.1, 0.15) is 11.6 Å². The number of benzene rings is 1. The van der Waals surface area contributed by atoms with Gasteiger partial charge in [-0.2, -0.15) is 0 Å². The normalized spacial score (nSPS) is 13.3. The van der Waals surface area contributed by atoms with Gasteiger partial charge in [-0.3, -0.25) is 0 Å². The van der Waals surface area contributed by atoms with E-state index in [-0.39, 0.29) is 0 Å². The summed E-state index contributed by atoms with van der Waals surface area (Å²) in [4.78, 5) is 2.18. The van der Waals surface area contributed by atoms with Crippen LogP contribution >= 0.6 is 0 Å². The van der Waals surface area contributed by atoms with Crippen molar-refractivity contribution in [2.75, 3.05) is 13.6 Å². The molecule has 0 radical (unpaired) electrons. The fourth-order valence-corrected chi connectivity index (χ4v) is 2.35. The molecule has 0 aliphatic heterocycles. The SMILES string of the molecule is CCC(CC)N(C)CCC(O)c1cc(F)cc(F)c1. The van der Waals surface area contributed by atoms with Crippen molar-refractivity contribution >= 4 is 0 Å². The van der Waals surface area contributed by atoms with E-state index < -0.39 is 17.7 Å². The summed E-state index contributed by atoms with van der Waals surface area (Å²) >= 11 is 0. The molecule has 0 heterocycles. The standard InChI is InChI=1S/C15H23F2NO/c1-4-14(5-2)18(3)7-6-15(19)11-8-12(16)10-13(17)9-11/h8-10,14-15,19H,4-7H2,1-3H3. The largest absolute Gasteiger partial charge is 0.388 e. The Morgan fingerprint density at radius 2 is 1.63 bits per heavy atom. The molecule has 1 aromatic carbocycles. The minimum absolute atomic E-state index is 0.301. The van der Waals surface area contributed by atoms with Crippen LogP contribution in [0, 0.1) is 11.6 Å². The van der Waals surface area contributed by atoms with E-state index in [0.29, 0.717) is 24.6 Å². The monoisotopic (exact) mass is 271 g/mol. The second kappa shape index (κ2) is 7.56. The van der Waals surface area contributed by atoms with Crippen molar-refractivity contribution in [1.29, 1.82) is 0 Å². The van der Waals surface area contributed by atoms with Gasteiger partial charge in [0.25, 0.3) is 0 Å². The lowest BCUT2D eigenvalue weighted by Crippen LogP contribution is -2.32. The first-order valence-corrected chi connectivity index (χ1v) is 6.82. The van der Waals surface area contributed by atoms with Crippen molar-refractivity contribution in [2.45, 2.75) is 45.3 Å². The van der Waals surface area contributed by atoms with Gasteiger partial charge in [-0.1, -0.05) is 13.8 Å². The average Bonchev–Trinajstić information content (AvgIpc) is 2.36. The number of aliphatic hydroxyl groups is 1. The van der Waals surface area contributed by atoms with Crippen LogP contribution in [-0.2, 0) is 0 Å². The first kappa shape index (κ1) is 16.1. The third kappa shape index (κ3) is 4.88. The molecule has 0 fully saturated rings. The van der Waals surface area contributed by atoms with Crippen molar-refractivity contribution < 1.29 is 13.9 Å². The summed E-state index contributed by atoms with van der Waals surface area (Å²) < 4.78 is 26.1. The maximum atomic E-state index is 13.1. The van der Waals surface area contributed by atoms with Crippen LogP contribution in [0.15, 0.2) is 18.2 Å². The number of nitrogens with zero attached hydrogens (tertiary/aromatic N) is 1. The third-order valence-corrected chi connectivity index (χ3v) is 3.59. The molecule has 0 amide bonds. The lowest BCUT2D eigenvalue weighted by molar-refractivity contribution is 0.133. The molecule has 0 aromatic heterocycles. The molecule has 1 unspecified atom stereocenters. The van der Waals surface area contributed by atoms with E-state index in [0.717, 1.165) is 18.9 Å². The Morgan fingerprint density at radius 3 is 2.11 bits per heavy atom. The lowest BCUT2D eigenvalue weighted by atomic mass is 10.0. The molecule has 0 saturated carbocycles. The second-order valence-electron chi connectivity index (χ2n) is 4.96. The summed E-state index contributed by atoms with van der Waals surface area (Å²) in [6.45, 7) is 4.96. The molecule has 19 heavy (non-hydrogen) atoms. The van der Waals surface area contributed by atoms with Gasteiger partial charge in [0.2, 0.25) is 0 Å². The van der Waals surface area contributed by atoms with Gasteiger partial charge in [0, 0.05) is 18.7 Å². The highest BCUT2D eigenvalue weighted by molar-refractivity contribution is 5.20. The lowest BCUT2D eigenvalue weighted by Gasteiger charge is -2.27. The number of halogens is 2. The molecule has 1 N–H and O–H groups in total. The molecule has 1 atom stereocenters. The van der Waals surface area contributed by atoms with Gasteiger partial charge in [0.15, 0.2) is 0 Å². The van der Waals surface area contributed by atoms with E-state index in [4.69, 9.17) is 0 Å². The first-order valence-electron chi connectivity index (χ1n) is 6.82. The Bertz CT molecular complexity index is 373. The van der Waals surface area contributed by atoms with Crippen LogP contribution in [0.1, 0.15) is 44.8 Å². The van der Waals surface area contributed by atoms with Crippen molar-refractivity contribution in [3.63, 3.8) is 0 Å². The van der Waals surface area contributed by atoms with Crippen LogP contribution < -0.4 is 0 Å². The van der Waals surface area contributed by atoms with E-state index >= 15 is 0 Å². The van der Waals surface area contributed by atoms with Gasteiger partial charge in [-0.25, -0.2) is 8.78 Å². The fourth-order valence-electron chi connectivity index (χ4n) is 2.35. The first-order chi connectivity index (χ1) is 8.97. The number of aliphatic hydroxyl groups excluding tert-OH is 1. The van der Waals surface area contributed by atoms with E-state index in [9.17, 15) is 13.9 Å². The van der Waals surface area contributed by atoms with Gasteiger partial charge < -0.3 is 10.0 Å². The highest BCUT2D eigenvalue weighted by Gasteiger charge is 2.14. The summed E-state index contributed by atoms with van der Waals surface area (Å²) in [5.74, 6) is -1.30. The predicted molar refractivity (Wildman–Crippen MR) is 72.9 cm³/mol. The van der Waals surface area contributed by atoms with Crippen LogP contribution in [0.3, 0.4) is 0 Å². The molecule has 0 saturated heterocycles. The van der Waals surface area contributed by atoms with Crippen LogP contribution in [-0.4, -0.2) is 29.6 Å². The van der Waals surface area contributed by atoms with Gasteiger partial charge in [-0.05, 0) is 44.0 Å². The minimum Gasteiger partial charge on any atom is -0.388 e. The van der Waals surface area contributed by atoms with Crippen LogP contribution in [0.25, 0.3) is 0 Å². The third-order valence-electron chi connectivity index (χ3n) is 3.59. The van der Waals surface area contributed by atoms with Crippen molar-refractivity contribution in [1.82, 2.24) is 4.90 Å². The van der Waals surface area contributed by atoms with Gasteiger partial charge in [0.05, 0.1) is 6.10 Å². The number of rotatable bonds is 7. The fraction of sp³-hybridized carbons (Fsp3) is 0.600. The highest BCUT2D eigenvalue weighted by atomic mass is 19.1. The van der Waals surface area contributed by atoms with E-state index in [1.807, 2.05) is 7.05 Å². The Balaban J connectivity index is 2.57. The van der Waals surface area contributed by atoms with Crippen molar-refractivity contribution in [2.24, 2.45) is 0 Å². The topological polar surface area (TPSA) is 23.5 Å². The molecule has 1 aromatic rings. The molecule has 2 nitrogen and oxygen atoms in total. The van der Waals surface area contributed by atoms with Crippen molar-refractivity contribution in [3.05, 3.63) is 35.4 Å². The predicted octanol–water partition coefficient (Wildman–Crippen LogP) is 3.51. The molecule has 0 spiro atoms. The molecular weight excluding hydrogens is 248 g/mol. The maximum Gasteiger partial charge on any atom is 0.126 e. The molecule has 4 heteroatoms. The van der Waals surface area contributed by atoms with E-state index in [1.54, 1.807) is 0 Å². The Labute approximate surface area is 114 Å². The summed E-state index contributed by atoms with van der Waals surface area (Å²) in [6.07, 6.45) is 1.74.